The summed E-state index contributed by atoms with van der Waals surface area (Å²) in [6, 6.07) is 8.01. The molecule has 0 saturated heterocycles. The molecule has 19 heavy (non-hydrogen) atoms. The van der Waals surface area contributed by atoms with Gasteiger partial charge < -0.3 is 9.64 Å². The number of ether oxygens (including phenoxy) is 1. The maximum Gasteiger partial charge on any atom is 0.224 e. The second-order valence-electron chi connectivity index (χ2n) is 4.54. The third kappa shape index (κ3) is 3.44. The van der Waals surface area contributed by atoms with Crippen molar-refractivity contribution in [3.05, 3.63) is 36.7 Å². The van der Waals surface area contributed by atoms with Crippen LogP contribution >= 0.6 is 0 Å². The van der Waals surface area contributed by atoms with E-state index in [0.717, 1.165) is 29.9 Å². The van der Waals surface area contributed by atoms with Crippen LogP contribution in [0.3, 0.4) is 0 Å². The molecule has 0 spiro atoms. The molecule has 4 heteroatoms. The lowest BCUT2D eigenvalue weighted by Crippen LogP contribution is -2.12. The van der Waals surface area contributed by atoms with Crippen molar-refractivity contribution in [2.24, 2.45) is 0 Å². The van der Waals surface area contributed by atoms with Crippen molar-refractivity contribution in [1.82, 2.24) is 9.97 Å². The minimum Gasteiger partial charge on any atom is -0.494 e. The first-order chi connectivity index (χ1) is 9.20. The van der Waals surface area contributed by atoms with Crippen molar-refractivity contribution in [3.8, 4) is 16.9 Å². The molecule has 0 radical (unpaired) electrons. The fourth-order valence-corrected chi connectivity index (χ4v) is 1.66. The van der Waals surface area contributed by atoms with Gasteiger partial charge in [-0.1, -0.05) is 19.1 Å². The standard InChI is InChI=1S/C15H19N3O/c1-4-9-19-14-7-5-12(6-8-14)13-10-16-15(17-11-13)18(2)3/h5-8,10-11H,4,9H2,1-3H3. The predicted molar refractivity (Wildman–Crippen MR) is 77.6 cm³/mol. The Balaban J connectivity index is 2.13. The quantitative estimate of drug-likeness (QED) is 0.825. The molecular weight excluding hydrogens is 238 g/mol. The summed E-state index contributed by atoms with van der Waals surface area (Å²) >= 11 is 0. The van der Waals surface area contributed by atoms with E-state index in [0.29, 0.717) is 5.95 Å². The topological polar surface area (TPSA) is 38.2 Å². The molecule has 1 aromatic heterocycles. The molecule has 0 aliphatic heterocycles. The fraction of sp³-hybridized carbons (Fsp3) is 0.333. The molecule has 100 valence electrons. The van der Waals surface area contributed by atoms with Gasteiger partial charge in [-0.15, -0.1) is 0 Å². The summed E-state index contributed by atoms with van der Waals surface area (Å²) in [4.78, 5) is 10.5. The average molecular weight is 257 g/mol. The highest BCUT2D eigenvalue weighted by Gasteiger charge is 2.02. The van der Waals surface area contributed by atoms with Crippen LogP contribution in [0.2, 0.25) is 0 Å². The number of nitrogens with zero attached hydrogens (tertiary/aromatic N) is 3. The van der Waals surface area contributed by atoms with E-state index in [2.05, 4.69) is 16.9 Å². The molecule has 0 aliphatic carbocycles. The molecule has 1 heterocycles. The van der Waals surface area contributed by atoms with Crippen LogP contribution in [-0.2, 0) is 0 Å². The van der Waals surface area contributed by atoms with Crippen molar-refractivity contribution in [2.75, 3.05) is 25.6 Å². The van der Waals surface area contributed by atoms with Crippen molar-refractivity contribution < 1.29 is 4.74 Å². The predicted octanol–water partition coefficient (Wildman–Crippen LogP) is 3.00. The highest BCUT2D eigenvalue weighted by atomic mass is 16.5. The second-order valence-corrected chi connectivity index (χ2v) is 4.54. The van der Waals surface area contributed by atoms with Gasteiger partial charge in [0.15, 0.2) is 0 Å². The van der Waals surface area contributed by atoms with Gasteiger partial charge in [-0.3, -0.25) is 0 Å². The maximum atomic E-state index is 5.56. The van der Waals surface area contributed by atoms with Gasteiger partial charge in [0, 0.05) is 32.1 Å². The Bertz CT molecular complexity index is 506. The molecule has 4 nitrogen and oxygen atoms in total. The van der Waals surface area contributed by atoms with E-state index in [1.54, 1.807) is 0 Å². The number of aromatic nitrogens is 2. The van der Waals surface area contributed by atoms with Gasteiger partial charge >= 0.3 is 0 Å². The highest BCUT2D eigenvalue weighted by molar-refractivity contribution is 5.62. The van der Waals surface area contributed by atoms with Crippen LogP contribution in [0.15, 0.2) is 36.7 Å². The number of rotatable bonds is 5. The summed E-state index contributed by atoms with van der Waals surface area (Å²) < 4.78 is 5.56. The largest absolute Gasteiger partial charge is 0.494 e. The minimum atomic E-state index is 0.714. The fourth-order valence-electron chi connectivity index (χ4n) is 1.66. The molecule has 0 atom stereocenters. The summed E-state index contributed by atoms with van der Waals surface area (Å²) in [5.74, 6) is 1.61. The first-order valence-electron chi connectivity index (χ1n) is 6.43. The third-order valence-electron chi connectivity index (χ3n) is 2.70. The molecule has 0 aliphatic rings. The van der Waals surface area contributed by atoms with E-state index in [9.17, 15) is 0 Å². The lowest BCUT2D eigenvalue weighted by atomic mass is 10.1. The van der Waals surface area contributed by atoms with Gasteiger partial charge in [0.05, 0.1) is 6.61 Å². The molecule has 0 fully saturated rings. The van der Waals surface area contributed by atoms with Gasteiger partial charge in [-0.25, -0.2) is 9.97 Å². The Morgan fingerprint density at radius 1 is 1.00 bits per heavy atom. The van der Waals surface area contributed by atoms with E-state index >= 15 is 0 Å². The molecule has 2 rings (SSSR count). The van der Waals surface area contributed by atoms with Crippen molar-refractivity contribution in [1.29, 1.82) is 0 Å². The van der Waals surface area contributed by atoms with E-state index in [1.165, 1.54) is 0 Å². The van der Waals surface area contributed by atoms with Crippen LogP contribution in [0.5, 0.6) is 5.75 Å². The third-order valence-corrected chi connectivity index (χ3v) is 2.70. The summed E-state index contributed by atoms with van der Waals surface area (Å²) in [6.07, 6.45) is 4.69. The zero-order chi connectivity index (χ0) is 13.7. The molecule has 0 unspecified atom stereocenters. The Morgan fingerprint density at radius 2 is 1.63 bits per heavy atom. The Kier molecular flexibility index (Phi) is 4.34. The molecule has 0 saturated carbocycles. The summed E-state index contributed by atoms with van der Waals surface area (Å²) in [6.45, 7) is 2.85. The van der Waals surface area contributed by atoms with Gasteiger partial charge in [-0.05, 0) is 24.1 Å². The van der Waals surface area contributed by atoms with Gasteiger partial charge in [-0.2, -0.15) is 0 Å². The number of hydrogen-bond donors (Lipinski definition) is 0. The number of anilines is 1. The van der Waals surface area contributed by atoms with Crippen molar-refractivity contribution >= 4 is 5.95 Å². The lowest BCUT2D eigenvalue weighted by Gasteiger charge is -2.10. The molecule has 0 N–H and O–H groups in total. The van der Waals surface area contributed by atoms with Crippen LogP contribution in [0.4, 0.5) is 5.95 Å². The first kappa shape index (κ1) is 13.3. The molecule has 0 amide bonds. The normalized spacial score (nSPS) is 10.3. The Morgan fingerprint density at radius 3 is 2.16 bits per heavy atom. The molecule has 2 aromatic rings. The maximum absolute atomic E-state index is 5.56. The lowest BCUT2D eigenvalue weighted by molar-refractivity contribution is 0.317. The van der Waals surface area contributed by atoms with Gasteiger partial charge in [0.2, 0.25) is 5.95 Å². The summed E-state index contributed by atoms with van der Waals surface area (Å²) in [5, 5.41) is 0. The number of hydrogen-bond acceptors (Lipinski definition) is 4. The van der Waals surface area contributed by atoms with Crippen LogP contribution < -0.4 is 9.64 Å². The Hall–Kier alpha value is -2.10. The SMILES string of the molecule is CCCOc1ccc(-c2cnc(N(C)C)nc2)cc1. The van der Waals surface area contributed by atoms with E-state index in [-0.39, 0.29) is 0 Å². The van der Waals surface area contributed by atoms with E-state index < -0.39 is 0 Å². The van der Waals surface area contributed by atoms with Crippen molar-refractivity contribution in [2.45, 2.75) is 13.3 Å². The van der Waals surface area contributed by atoms with Crippen molar-refractivity contribution in [3.63, 3.8) is 0 Å². The minimum absolute atomic E-state index is 0.714. The average Bonchev–Trinajstić information content (AvgIpc) is 2.46. The van der Waals surface area contributed by atoms with Crippen LogP contribution in [0, 0.1) is 0 Å². The number of benzene rings is 1. The van der Waals surface area contributed by atoms with E-state index in [1.807, 2.05) is 55.7 Å². The molecular formula is C15H19N3O. The zero-order valence-electron chi connectivity index (χ0n) is 11.6. The first-order valence-corrected chi connectivity index (χ1v) is 6.43. The molecule has 0 bridgehead atoms. The summed E-state index contributed by atoms with van der Waals surface area (Å²) in [5.41, 5.74) is 2.10. The zero-order valence-corrected chi connectivity index (χ0v) is 11.6. The molecule has 1 aromatic carbocycles. The Labute approximate surface area is 114 Å². The highest BCUT2D eigenvalue weighted by Crippen LogP contribution is 2.22. The van der Waals surface area contributed by atoms with E-state index in [4.69, 9.17) is 4.74 Å². The van der Waals surface area contributed by atoms with Gasteiger partial charge in [0.1, 0.15) is 5.75 Å². The van der Waals surface area contributed by atoms with Crippen LogP contribution in [0.25, 0.3) is 11.1 Å². The summed E-state index contributed by atoms with van der Waals surface area (Å²) in [7, 11) is 3.85. The van der Waals surface area contributed by atoms with Crippen LogP contribution in [0.1, 0.15) is 13.3 Å². The van der Waals surface area contributed by atoms with Gasteiger partial charge in [0.25, 0.3) is 0 Å². The second kappa shape index (κ2) is 6.18. The monoisotopic (exact) mass is 257 g/mol. The van der Waals surface area contributed by atoms with Crippen LogP contribution in [-0.4, -0.2) is 30.7 Å². The smallest absolute Gasteiger partial charge is 0.224 e.